The number of Topliss-reactive ketones (excluding diaryl/α,β-unsaturated/α-hetero) is 1. The van der Waals surface area contributed by atoms with Crippen molar-refractivity contribution in [2.75, 3.05) is 40.4 Å². The SMILES string of the molecule is CCOc1ccc(C2C(C(=O)c3ccc(C)o3)=C(O)C(=O)N2CCN(C)C)cc1OCC. The van der Waals surface area contributed by atoms with Crippen LogP contribution >= 0.6 is 0 Å². The van der Waals surface area contributed by atoms with Gasteiger partial charge in [-0.1, -0.05) is 6.07 Å². The number of carbonyl (C=O) groups is 2. The van der Waals surface area contributed by atoms with Crippen molar-refractivity contribution in [2.45, 2.75) is 26.8 Å². The maximum Gasteiger partial charge on any atom is 0.290 e. The van der Waals surface area contributed by atoms with Gasteiger partial charge in [0.05, 0.1) is 24.8 Å². The Morgan fingerprint density at radius 3 is 2.41 bits per heavy atom. The lowest BCUT2D eigenvalue weighted by molar-refractivity contribution is -0.129. The molecule has 3 rings (SSSR count). The smallest absolute Gasteiger partial charge is 0.290 e. The van der Waals surface area contributed by atoms with Crippen LogP contribution in [-0.2, 0) is 4.79 Å². The van der Waals surface area contributed by atoms with Crippen LogP contribution in [0.1, 0.15) is 41.8 Å². The number of hydrogen-bond donors (Lipinski definition) is 1. The first kappa shape index (κ1) is 23.4. The molecule has 0 fully saturated rings. The number of likely N-dealkylation sites (N-methyl/N-ethyl adjacent to an activating group) is 1. The highest BCUT2D eigenvalue weighted by Gasteiger charge is 2.44. The molecule has 1 aliphatic heterocycles. The molecule has 0 saturated heterocycles. The molecule has 8 heteroatoms. The topological polar surface area (TPSA) is 92.5 Å². The molecular weight excluding hydrogens is 412 g/mol. The Morgan fingerprint density at radius 2 is 1.81 bits per heavy atom. The largest absolute Gasteiger partial charge is 0.503 e. The maximum atomic E-state index is 13.3. The van der Waals surface area contributed by atoms with Gasteiger partial charge in [-0.3, -0.25) is 9.59 Å². The molecule has 1 aromatic carbocycles. The van der Waals surface area contributed by atoms with Crippen molar-refractivity contribution in [3.8, 4) is 11.5 Å². The summed E-state index contributed by atoms with van der Waals surface area (Å²) in [4.78, 5) is 29.7. The molecule has 0 saturated carbocycles. The molecular formula is C24H30N2O6. The summed E-state index contributed by atoms with van der Waals surface area (Å²) < 4.78 is 16.9. The summed E-state index contributed by atoms with van der Waals surface area (Å²) in [6.07, 6.45) is 0. The summed E-state index contributed by atoms with van der Waals surface area (Å²) in [5.41, 5.74) is 0.634. The Labute approximate surface area is 188 Å². The second-order valence-electron chi connectivity index (χ2n) is 7.78. The van der Waals surface area contributed by atoms with E-state index in [1.165, 1.54) is 4.90 Å². The quantitative estimate of drug-likeness (QED) is 0.563. The summed E-state index contributed by atoms with van der Waals surface area (Å²) in [6, 6.07) is 7.74. The zero-order chi connectivity index (χ0) is 23.4. The van der Waals surface area contributed by atoms with Gasteiger partial charge in [0.25, 0.3) is 5.91 Å². The fourth-order valence-corrected chi connectivity index (χ4v) is 3.70. The molecule has 2 heterocycles. The first-order valence-corrected chi connectivity index (χ1v) is 10.7. The van der Waals surface area contributed by atoms with Gasteiger partial charge in [0.1, 0.15) is 5.76 Å². The van der Waals surface area contributed by atoms with Gasteiger partial charge in [0.2, 0.25) is 5.78 Å². The minimum atomic E-state index is -0.782. The Morgan fingerprint density at radius 1 is 1.12 bits per heavy atom. The first-order valence-electron chi connectivity index (χ1n) is 10.7. The standard InChI is InChI=1S/C24H30N2O6/c1-6-30-17-11-9-16(14-19(17)31-7-2)21-20(22(27)18-10-8-15(3)32-18)23(28)24(29)26(21)13-12-25(4)5/h8-11,14,21,28H,6-7,12-13H2,1-5H3. The summed E-state index contributed by atoms with van der Waals surface area (Å²) in [5.74, 6) is 0.0674. The van der Waals surface area contributed by atoms with Crippen molar-refractivity contribution in [2.24, 2.45) is 0 Å². The predicted octanol–water partition coefficient (Wildman–Crippen LogP) is 3.53. The first-order chi connectivity index (χ1) is 15.3. The van der Waals surface area contributed by atoms with E-state index in [0.717, 1.165) is 0 Å². The number of rotatable bonds is 10. The van der Waals surface area contributed by atoms with E-state index in [9.17, 15) is 14.7 Å². The third-order valence-electron chi connectivity index (χ3n) is 5.18. The van der Waals surface area contributed by atoms with Gasteiger partial charge in [0, 0.05) is 13.1 Å². The van der Waals surface area contributed by atoms with Gasteiger partial charge in [-0.05, 0) is 64.7 Å². The third-order valence-corrected chi connectivity index (χ3v) is 5.18. The van der Waals surface area contributed by atoms with Gasteiger partial charge in [0.15, 0.2) is 23.0 Å². The molecule has 32 heavy (non-hydrogen) atoms. The number of aliphatic hydroxyl groups excluding tert-OH is 1. The van der Waals surface area contributed by atoms with Gasteiger partial charge < -0.3 is 28.8 Å². The molecule has 0 radical (unpaired) electrons. The normalized spacial score (nSPS) is 16.2. The fourth-order valence-electron chi connectivity index (χ4n) is 3.70. The van der Waals surface area contributed by atoms with Gasteiger partial charge in [-0.15, -0.1) is 0 Å². The second kappa shape index (κ2) is 9.91. The number of ketones is 1. The Bertz CT molecular complexity index is 1020. The molecule has 1 unspecified atom stereocenters. The fraction of sp³-hybridized carbons (Fsp3) is 0.417. The van der Waals surface area contributed by atoms with Crippen LogP contribution in [0.4, 0.5) is 0 Å². The second-order valence-corrected chi connectivity index (χ2v) is 7.78. The summed E-state index contributed by atoms with van der Waals surface area (Å²) >= 11 is 0. The molecule has 8 nitrogen and oxygen atoms in total. The van der Waals surface area contributed by atoms with Crippen LogP contribution < -0.4 is 9.47 Å². The van der Waals surface area contributed by atoms with Gasteiger partial charge in [-0.2, -0.15) is 0 Å². The molecule has 172 valence electrons. The van der Waals surface area contributed by atoms with E-state index in [0.29, 0.717) is 49.1 Å². The Hall–Kier alpha value is -3.26. The van der Waals surface area contributed by atoms with Crippen molar-refractivity contribution in [3.05, 3.63) is 58.7 Å². The van der Waals surface area contributed by atoms with E-state index in [4.69, 9.17) is 13.9 Å². The number of ether oxygens (including phenoxy) is 2. The van der Waals surface area contributed by atoms with Crippen molar-refractivity contribution in [1.29, 1.82) is 0 Å². The van der Waals surface area contributed by atoms with E-state index in [1.54, 1.807) is 37.3 Å². The van der Waals surface area contributed by atoms with Crippen molar-refractivity contribution >= 4 is 11.7 Å². The van der Waals surface area contributed by atoms with Crippen molar-refractivity contribution in [3.63, 3.8) is 0 Å². The number of furan rings is 1. The molecule has 1 amide bonds. The highest BCUT2D eigenvalue weighted by Crippen LogP contribution is 2.41. The van der Waals surface area contributed by atoms with E-state index < -0.39 is 23.5 Å². The van der Waals surface area contributed by atoms with Crippen LogP contribution in [0.3, 0.4) is 0 Å². The molecule has 1 N–H and O–H groups in total. The zero-order valence-electron chi connectivity index (χ0n) is 19.2. The van der Waals surface area contributed by atoms with Crippen LogP contribution in [0.15, 0.2) is 46.1 Å². The summed E-state index contributed by atoms with van der Waals surface area (Å²) in [7, 11) is 3.79. The third kappa shape index (κ3) is 4.65. The van der Waals surface area contributed by atoms with E-state index in [-0.39, 0.29) is 11.3 Å². The highest BCUT2D eigenvalue weighted by molar-refractivity contribution is 6.15. The van der Waals surface area contributed by atoms with Gasteiger partial charge in [-0.25, -0.2) is 0 Å². The molecule has 0 aliphatic carbocycles. The van der Waals surface area contributed by atoms with E-state index >= 15 is 0 Å². The number of benzene rings is 1. The number of hydrogen-bond acceptors (Lipinski definition) is 7. The van der Waals surface area contributed by atoms with Crippen LogP contribution in [0.25, 0.3) is 0 Å². The van der Waals surface area contributed by atoms with E-state index in [1.807, 2.05) is 32.8 Å². The van der Waals surface area contributed by atoms with Crippen molar-refractivity contribution < 1.29 is 28.6 Å². The molecule has 1 aromatic heterocycles. The van der Waals surface area contributed by atoms with Crippen LogP contribution in [0.2, 0.25) is 0 Å². The number of carbonyl (C=O) groups excluding carboxylic acids is 2. The maximum absolute atomic E-state index is 13.3. The lowest BCUT2D eigenvalue weighted by Crippen LogP contribution is -2.36. The molecule has 2 aromatic rings. The van der Waals surface area contributed by atoms with Crippen LogP contribution in [0.5, 0.6) is 11.5 Å². The molecule has 1 aliphatic rings. The van der Waals surface area contributed by atoms with Crippen molar-refractivity contribution in [1.82, 2.24) is 9.80 Å². The van der Waals surface area contributed by atoms with Crippen LogP contribution in [0, 0.1) is 6.92 Å². The van der Waals surface area contributed by atoms with Gasteiger partial charge >= 0.3 is 0 Å². The lowest BCUT2D eigenvalue weighted by atomic mass is 9.94. The average Bonchev–Trinajstić information content (AvgIpc) is 3.29. The van der Waals surface area contributed by atoms with E-state index in [2.05, 4.69) is 0 Å². The minimum absolute atomic E-state index is 0.00489. The lowest BCUT2D eigenvalue weighted by Gasteiger charge is -2.28. The predicted molar refractivity (Wildman–Crippen MR) is 119 cm³/mol. The monoisotopic (exact) mass is 442 g/mol. The molecule has 0 spiro atoms. The number of nitrogens with zero attached hydrogens (tertiary/aromatic N) is 2. The van der Waals surface area contributed by atoms with Crippen LogP contribution in [-0.4, -0.2) is 67.0 Å². The molecule has 0 bridgehead atoms. The number of aliphatic hydroxyl groups is 1. The summed E-state index contributed by atoms with van der Waals surface area (Å²) in [5, 5.41) is 10.7. The number of aryl methyl sites for hydroxylation is 1. The Kier molecular flexibility index (Phi) is 7.25. The Balaban J connectivity index is 2.10. The summed E-state index contributed by atoms with van der Waals surface area (Å²) in [6.45, 7) is 7.26. The number of amides is 1. The highest BCUT2D eigenvalue weighted by atomic mass is 16.5. The molecule has 1 atom stereocenters. The zero-order valence-corrected chi connectivity index (χ0v) is 19.2. The minimum Gasteiger partial charge on any atom is -0.503 e. The average molecular weight is 443 g/mol.